The monoisotopic (exact) mass is 1370 g/mol. The number of nitrogens with zero attached hydrogens (tertiary/aromatic N) is 5. The number of hydrogen-bond donors (Lipinski definition) is 0. The minimum Gasteiger partial charge on any atom is -0.0579 e. The minimum atomic E-state index is -0.182. The molecule has 13 aromatic rings. The zero-order valence-corrected chi connectivity index (χ0v) is 56.1. The van der Waals surface area contributed by atoms with Crippen molar-refractivity contribution in [2.45, 2.75) is 85.5 Å². The fourth-order valence-electron chi connectivity index (χ4n) is 12.9. The molecule has 0 spiro atoms. The van der Waals surface area contributed by atoms with E-state index in [9.17, 15) is 0 Å². The minimum absolute atomic E-state index is 0.0273. The van der Waals surface area contributed by atoms with Crippen molar-refractivity contribution in [1.82, 2.24) is 14.1 Å². The summed E-state index contributed by atoms with van der Waals surface area (Å²) >= 11 is 2.50. The van der Waals surface area contributed by atoms with Gasteiger partial charge in [-0.3, -0.25) is 0 Å². The topological polar surface area (TPSA) is 38.5 Å². The van der Waals surface area contributed by atoms with Gasteiger partial charge in [0.2, 0.25) is 0 Å². The van der Waals surface area contributed by atoms with Gasteiger partial charge in [-0.1, -0.05) is 135 Å². The first-order valence-corrected chi connectivity index (χ1v) is 32.8. The Morgan fingerprint density at radius 3 is 1.47 bits per heavy atom. The van der Waals surface area contributed by atoms with Gasteiger partial charge >= 0.3 is 306 Å². The molecule has 2 aromatic heterocycles. The average molecular weight is 1380 g/mol. The van der Waals surface area contributed by atoms with Crippen LogP contribution in [0.15, 0.2) is 261 Å². The number of rotatable bonds is 9. The van der Waals surface area contributed by atoms with E-state index in [1.54, 1.807) is 0 Å². The van der Waals surface area contributed by atoms with E-state index in [1.165, 1.54) is 16.7 Å². The van der Waals surface area contributed by atoms with Crippen molar-refractivity contribution in [3.05, 3.63) is 299 Å². The summed E-state index contributed by atoms with van der Waals surface area (Å²) in [6.45, 7) is 22.7. The van der Waals surface area contributed by atoms with Crippen molar-refractivity contribution in [2.75, 3.05) is 9.80 Å². The molecule has 0 unspecified atom stereocenters. The molecule has 92 heavy (non-hydrogen) atoms. The smallest absolute Gasteiger partial charge is 0.0579 e. The van der Waals surface area contributed by atoms with Crippen LogP contribution in [0.25, 0.3) is 78.0 Å². The zero-order chi connectivity index (χ0) is 63.6. The molecule has 6 nitrogen and oxygen atoms in total. The van der Waals surface area contributed by atoms with Crippen LogP contribution in [0.5, 0.6) is 11.5 Å². The van der Waals surface area contributed by atoms with E-state index < -0.39 is 0 Å². The van der Waals surface area contributed by atoms with Gasteiger partial charge in [0.05, 0.1) is 5.69 Å². The van der Waals surface area contributed by atoms with Crippen LogP contribution >= 0.6 is 0 Å². The summed E-state index contributed by atoms with van der Waals surface area (Å²) in [5.74, 6) is 1.83. The van der Waals surface area contributed by atoms with E-state index in [0.717, 1.165) is 122 Å². The van der Waals surface area contributed by atoms with E-state index in [-0.39, 0.29) is 16.2 Å². The molecule has 0 bridgehead atoms. The number of fused-ring (bicyclic) bond motifs is 7. The molecule has 1 aliphatic rings. The maximum absolute atomic E-state index is 7.21. The molecule has 0 atom stereocenters. The predicted octanol–water partition coefficient (Wildman–Crippen LogP) is 23.1. The number of ether oxygens (including phenoxy) is 1. The fraction of sp³-hybridized carbons (Fsp3) is 0.153. The van der Waals surface area contributed by atoms with Crippen molar-refractivity contribution in [3.63, 3.8) is 0 Å². The number of benzene rings is 11. The van der Waals surface area contributed by atoms with Crippen molar-refractivity contribution in [2.24, 2.45) is 0 Å². The summed E-state index contributed by atoms with van der Waals surface area (Å²) in [4.78, 5) is 10.3. The number of anilines is 6. The number of aryl methyl sites for hydroxylation is 1. The molecule has 456 valence electrons. The van der Waals surface area contributed by atoms with Gasteiger partial charge < -0.3 is 4.90 Å². The Hall–Kier alpha value is -9.87. The standard InChI is InChI=1S/C85H73N5O.Pt/c1-57-50-81(86-55-74(57)60-40-42-61(43-41-60)83(2,3)4)90-75-37-21-20-34-70(75)72-51-62(84(5,6)7)44-48-76(72)89(64-30-18-13-19-31-64)77-49-45-63(85(8,9)10)52-73(77)71-47-46-67(54-80(71)90)91-66-33-24-32-65(53-66)87-56-88(79-39-23-22-38-78(79)87)82-68(58-26-14-11-15-27-58)35-25-36-69(82)59-28-16-12-17-29-59;/h11-52,55H,1-10H3;/q-2;. The molecule has 0 amide bonds. The molecule has 7 heteroatoms. The first kappa shape index (κ1) is 59.7. The SMILES string of the molecule is Cc1cc(N2c3[c-]c(Oc4[c-]c(-n5[c](=[Pt])n(-c6c(-c7ccccc7)cccc6-c6ccccc6)c6ccccc65)ccc4)ccc3-c3cc(C(C)(C)C)ccc3N(c3ccccc3)c3ccc(C(C)(C)C)cc3-c3ccccc32)ncc1-c1ccc(C(C)(C)C)cc1. The summed E-state index contributed by atoms with van der Waals surface area (Å²) in [6, 6.07) is 99.7. The molecule has 14 rings (SSSR count). The molecule has 0 saturated carbocycles. The Labute approximate surface area is 552 Å². The van der Waals surface area contributed by atoms with Crippen molar-refractivity contribution >= 4 is 45.3 Å². The summed E-state index contributed by atoms with van der Waals surface area (Å²) in [5.41, 5.74) is 24.3. The average Bonchev–Trinajstić information content (AvgIpc) is 1.22. The molecule has 1 aliphatic heterocycles. The Morgan fingerprint density at radius 2 is 0.870 bits per heavy atom. The second-order valence-corrected chi connectivity index (χ2v) is 28.1. The number of para-hydroxylation sites is 5. The second-order valence-electron chi connectivity index (χ2n) is 27.1. The van der Waals surface area contributed by atoms with E-state index in [2.05, 4.69) is 368 Å². The Balaban J connectivity index is 0.989. The van der Waals surface area contributed by atoms with Crippen LogP contribution in [0, 0.1) is 22.9 Å². The molecule has 0 aliphatic carbocycles. The van der Waals surface area contributed by atoms with Crippen molar-refractivity contribution in [1.29, 1.82) is 0 Å². The summed E-state index contributed by atoms with van der Waals surface area (Å²) in [6.07, 6.45) is 2.05. The molecule has 0 radical (unpaired) electrons. The van der Waals surface area contributed by atoms with Crippen LogP contribution in [-0.2, 0) is 35.6 Å². The van der Waals surface area contributed by atoms with Gasteiger partial charge in [-0.2, -0.15) is 0 Å². The molecule has 0 fully saturated rings. The second kappa shape index (κ2) is 23.7. The Morgan fingerprint density at radius 1 is 0.380 bits per heavy atom. The van der Waals surface area contributed by atoms with Gasteiger partial charge in [0.25, 0.3) is 0 Å². The Kier molecular flexibility index (Phi) is 15.4. The van der Waals surface area contributed by atoms with Crippen molar-refractivity contribution in [3.8, 4) is 78.5 Å². The fourth-order valence-corrected chi connectivity index (χ4v) is 14.0. The molecule has 11 aromatic carbocycles. The van der Waals surface area contributed by atoms with Crippen LogP contribution in [0.3, 0.4) is 0 Å². The zero-order valence-electron chi connectivity index (χ0n) is 53.8. The number of imidazole rings is 1. The predicted molar refractivity (Wildman–Crippen MR) is 379 cm³/mol. The van der Waals surface area contributed by atoms with E-state index in [1.807, 2.05) is 12.3 Å². The third-order valence-corrected chi connectivity index (χ3v) is 18.8. The molecular formula is C85H73N5OPt-2. The Bertz CT molecular complexity index is 4930. The summed E-state index contributed by atoms with van der Waals surface area (Å²) in [7, 11) is 0. The number of aromatic nitrogens is 3. The number of pyridine rings is 1. The van der Waals surface area contributed by atoms with Gasteiger partial charge in [-0.15, -0.1) is 0 Å². The number of hydrogen-bond acceptors (Lipinski definition) is 4. The van der Waals surface area contributed by atoms with Crippen molar-refractivity contribution < 1.29 is 24.1 Å². The third kappa shape index (κ3) is 11.1. The van der Waals surface area contributed by atoms with Gasteiger partial charge in [0, 0.05) is 23.0 Å². The molecule has 0 N–H and O–H groups in total. The summed E-state index contributed by atoms with van der Waals surface area (Å²) < 4.78 is 12.9. The van der Waals surface area contributed by atoms with E-state index >= 15 is 0 Å². The third-order valence-electron chi connectivity index (χ3n) is 17.8. The van der Waals surface area contributed by atoms with Crippen LogP contribution in [0.4, 0.5) is 34.3 Å². The molecule has 3 heterocycles. The van der Waals surface area contributed by atoms with Crippen LogP contribution < -0.4 is 14.5 Å². The first-order chi connectivity index (χ1) is 44.4. The quantitative estimate of drug-likeness (QED) is 0.135. The molecular weight excluding hydrogens is 1300 g/mol. The van der Waals surface area contributed by atoms with E-state index in [4.69, 9.17) is 9.72 Å². The van der Waals surface area contributed by atoms with Crippen LogP contribution in [-0.4, -0.2) is 14.1 Å². The van der Waals surface area contributed by atoms with E-state index in [0.29, 0.717) is 11.5 Å². The maximum atomic E-state index is 7.21. The molecule has 0 saturated heterocycles. The normalized spacial score (nSPS) is 12.5. The van der Waals surface area contributed by atoms with Gasteiger partial charge in [-0.25, -0.2) is 0 Å². The van der Waals surface area contributed by atoms with Gasteiger partial charge in [0.1, 0.15) is 0 Å². The van der Waals surface area contributed by atoms with Gasteiger partial charge in [0.15, 0.2) is 0 Å². The summed E-state index contributed by atoms with van der Waals surface area (Å²) in [5, 5.41) is 0. The first-order valence-electron chi connectivity index (χ1n) is 31.7. The van der Waals surface area contributed by atoms with Crippen LogP contribution in [0.2, 0.25) is 0 Å². The van der Waals surface area contributed by atoms with Crippen LogP contribution in [0.1, 0.15) is 84.6 Å². The van der Waals surface area contributed by atoms with Gasteiger partial charge in [-0.05, 0) is 81.3 Å².